The molecule has 0 radical (unpaired) electrons. The Hall–Kier alpha value is -3.00. The molecule has 0 aliphatic heterocycles. The highest BCUT2D eigenvalue weighted by Gasteiger charge is 2.31. The summed E-state index contributed by atoms with van der Waals surface area (Å²) < 4.78 is 52.5. The summed E-state index contributed by atoms with van der Waals surface area (Å²) in [6.07, 6.45) is 2.32. The number of ketones is 1. The third kappa shape index (κ3) is 11.5. The Kier molecular flexibility index (Phi) is 12.7. The zero-order chi connectivity index (χ0) is 32.6. The first-order valence-electron chi connectivity index (χ1n) is 13.9. The molecule has 0 unspecified atom stereocenters. The number of sulfonamides is 2. The topological polar surface area (TPSA) is 154 Å². The Labute approximate surface area is 260 Å². The van der Waals surface area contributed by atoms with E-state index in [1.165, 1.54) is 18.2 Å². The Bertz CT molecular complexity index is 1570. The van der Waals surface area contributed by atoms with Crippen molar-refractivity contribution in [2.75, 3.05) is 46.6 Å². The number of aliphatic imine (C=N–C) groups is 1. The lowest BCUT2D eigenvalue weighted by Gasteiger charge is -2.24. The fourth-order valence-electron chi connectivity index (χ4n) is 3.91. The molecule has 2 aromatic rings. The molecule has 11 nitrogen and oxygen atoms in total. The molecular weight excluding hydrogens is 614 g/mol. The number of unbranched alkanes of at least 4 members (excludes halogenated alkanes) is 1. The van der Waals surface area contributed by atoms with Crippen LogP contribution in [-0.2, 0) is 29.6 Å². The second-order valence-electron chi connectivity index (χ2n) is 11.2. The Morgan fingerprint density at radius 3 is 2.26 bits per heavy atom. The summed E-state index contributed by atoms with van der Waals surface area (Å²) in [6.45, 7) is 12.0. The van der Waals surface area contributed by atoms with Crippen LogP contribution in [0.2, 0.25) is 5.02 Å². The number of hydrogen-bond donors (Lipinski definition) is 3. The van der Waals surface area contributed by atoms with Gasteiger partial charge in [0.25, 0.3) is 5.91 Å². The zero-order valence-corrected chi connectivity index (χ0v) is 28.1. The maximum absolute atomic E-state index is 13.5. The van der Waals surface area contributed by atoms with Crippen molar-refractivity contribution in [1.29, 1.82) is 0 Å². The largest absolute Gasteiger partial charge is 0.370 e. The van der Waals surface area contributed by atoms with Crippen molar-refractivity contribution < 1.29 is 26.4 Å². The summed E-state index contributed by atoms with van der Waals surface area (Å²) in [7, 11) is -6.90. The van der Waals surface area contributed by atoms with Gasteiger partial charge in [-0.1, -0.05) is 45.7 Å². The van der Waals surface area contributed by atoms with Gasteiger partial charge in [0.1, 0.15) is 0 Å². The van der Waals surface area contributed by atoms with Crippen LogP contribution in [0.3, 0.4) is 0 Å². The lowest BCUT2D eigenvalue weighted by Crippen LogP contribution is -2.37. The minimum atomic E-state index is -3.59. The maximum atomic E-state index is 13.5. The van der Waals surface area contributed by atoms with E-state index in [9.17, 15) is 26.4 Å². The van der Waals surface area contributed by atoms with Gasteiger partial charge in [0, 0.05) is 30.7 Å². The van der Waals surface area contributed by atoms with Crippen LogP contribution in [0, 0.1) is 12.3 Å². The molecular formula is C29H42ClN5O6S2. The molecule has 2 rings (SSSR count). The molecule has 3 N–H and O–H groups in total. The molecule has 0 heterocycles. The first-order valence-corrected chi connectivity index (χ1v) is 17.8. The van der Waals surface area contributed by atoms with E-state index in [0.29, 0.717) is 37.2 Å². The molecule has 1 amide bonds. The van der Waals surface area contributed by atoms with E-state index >= 15 is 0 Å². The van der Waals surface area contributed by atoms with Crippen molar-refractivity contribution in [1.82, 2.24) is 4.72 Å². The van der Waals surface area contributed by atoms with Crippen molar-refractivity contribution in [3.63, 3.8) is 0 Å². The number of aryl methyl sites for hydroxylation is 1. The van der Waals surface area contributed by atoms with E-state index in [1.807, 2.05) is 24.8 Å². The summed E-state index contributed by atoms with van der Waals surface area (Å²) in [5.74, 6) is -1.34. The van der Waals surface area contributed by atoms with Crippen molar-refractivity contribution in [3.05, 3.63) is 47.0 Å². The van der Waals surface area contributed by atoms with Gasteiger partial charge in [0.05, 0.1) is 34.1 Å². The summed E-state index contributed by atoms with van der Waals surface area (Å²) in [6, 6.07) is 9.66. The van der Waals surface area contributed by atoms with E-state index in [-0.39, 0.29) is 34.4 Å². The second kappa shape index (κ2) is 15.1. The molecule has 238 valence electrons. The monoisotopic (exact) mass is 655 g/mol. The lowest BCUT2D eigenvalue weighted by atomic mass is 9.87. The fourth-order valence-corrected chi connectivity index (χ4v) is 5.79. The number of benzene rings is 2. The highest BCUT2D eigenvalue weighted by molar-refractivity contribution is 7.92. The smallest absolute Gasteiger partial charge is 0.278 e. The van der Waals surface area contributed by atoms with Crippen molar-refractivity contribution in [2.45, 2.75) is 54.4 Å². The number of halogens is 1. The Morgan fingerprint density at radius 1 is 1.02 bits per heavy atom. The number of anilines is 3. The normalized spacial score (nSPS) is 12.6. The van der Waals surface area contributed by atoms with Crippen molar-refractivity contribution >= 4 is 71.8 Å². The van der Waals surface area contributed by atoms with E-state index in [1.54, 1.807) is 39.8 Å². The van der Waals surface area contributed by atoms with Crippen LogP contribution in [0.1, 0.15) is 53.0 Å². The number of rotatable bonds is 15. The van der Waals surface area contributed by atoms with Gasteiger partial charge in [-0.15, -0.1) is 0 Å². The number of nitrogens with zero attached hydrogens (tertiary/aromatic N) is 2. The minimum Gasteiger partial charge on any atom is -0.370 e. The number of carbonyl (C=O) groups excluding carboxylic acids is 2. The molecule has 0 saturated heterocycles. The third-order valence-corrected chi connectivity index (χ3v) is 8.70. The molecule has 14 heteroatoms. The quantitative estimate of drug-likeness (QED) is 0.182. The van der Waals surface area contributed by atoms with Gasteiger partial charge in [-0.05, 0) is 62.2 Å². The molecule has 0 aliphatic rings. The predicted octanol–water partition coefficient (Wildman–Crippen LogP) is 4.89. The minimum absolute atomic E-state index is 0.0452. The summed E-state index contributed by atoms with van der Waals surface area (Å²) in [5, 5.41) is 2.78. The van der Waals surface area contributed by atoms with Crippen LogP contribution in [0.25, 0.3) is 0 Å². The van der Waals surface area contributed by atoms with E-state index in [2.05, 4.69) is 19.8 Å². The van der Waals surface area contributed by atoms with Gasteiger partial charge < -0.3 is 10.2 Å². The number of Topliss-reactive ketones (excluding diaryl/α,β-unsaturated/α-hetero) is 1. The third-order valence-electron chi connectivity index (χ3n) is 6.27. The number of hydrogen-bond acceptors (Lipinski definition) is 8. The van der Waals surface area contributed by atoms with Gasteiger partial charge in [-0.25, -0.2) is 26.6 Å². The fraction of sp³-hybridized carbons (Fsp3) is 0.483. The summed E-state index contributed by atoms with van der Waals surface area (Å²) in [4.78, 5) is 33.4. The molecule has 0 bridgehead atoms. The highest BCUT2D eigenvalue weighted by atomic mass is 35.5. The molecule has 43 heavy (non-hydrogen) atoms. The van der Waals surface area contributed by atoms with Crippen molar-refractivity contribution in [3.8, 4) is 0 Å². The molecule has 2 aromatic carbocycles. The number of amides is 1. The second-order valence-corrected chi connectivity index (χ2v) is 15.3. The van der Waals surface area contributed by atoms with Crippen LogP contribution >= 0.6 is 11.6 Å². The van der Waals surface area contributed by atoms with E-state index in [4.69, 9.17) is 11.6 Å². The Balaban J connectivity index is 2.41. The summed E-state index contributed by atoms with van der Waals surface area (Å²) >= 11 is 6.32. The molecule has 0 fully saturated rings. The van der Waals surface area contributed by atoms with Crippen LogP contribution in [0.5, 0.6) is 0 Å². The van der Waals surface area contributed by atoms with E-state index < -0.39 is 37.2 Å². The molecule has 0 saturated carbocycles. The van der Waals surface area contributed by atoms with Crippen LogP contribution in [0.15, 0.2) is 41.4 Å². The first kappa shape index (κ1) is 36.2. The zero-order valence-electron chi connectivity index (χ0n) is 25.7. The first-order chi connectivity index (χ1) is 19.9. The van der Waals surface area contributed by atoms with Gasteiger partial charge in [-0.3, -0.25) is 14.3 Å². The molecule has 0 spiro atoms. The van der Waals surface area contributed by atoms with E-state index in [0.717, 1.165) is 11.9 Å². The van der Waals surface area contributed by atoms with Crippen molar-refractivity contribution in [2.24, 2.45) is 10.4 Å². The predicted molar refractivity (Wildman–Crippen MR) is 176 cm³/mol. The molecule has 0 aliphatic carbocycles. The SMILES string of the molecule is CCCCS(=O)(=O)Nc1ccc(Cl)c(NC(=O)C(=Nc2ccc(N(CC)CCNS(C)(=O)=O)cc2C)C(=O)C(C)(C)C)c1. The van der Waals surface area contributed by atoms with Crippen LogP contribution in [-0.4, -0.2) is 65.9 Å². The van der Waals surface area contributed by atoms with Crippen LogP contribution in [0.4, 0.5) is 22.7 Å². The van der Waals surface area contributed by atoms with Gasteiger partial charge in [0.15, 0.2) is 11.5 Å². The average molecular weight is 656 g/mol. The van der Waals surface area contributed by atoms with Gasteiger partial charge in [-0.2, -0.15) is 0 Å². The molecule has 0 atom stereocenters. The van der Waals surface area contributed by atoms with Gasteiger partial charge in [0.2, 0.25) is 20.0 Å². The number of likely N-dealkylation sites (N-methyl/N-ethyl adjacent to an activating group) is 1. The molecule has 0 aromatic heterocycles. The number of carbonyl (C=O) groups is 2. The average Bonchev–Trinajstić information content (AvgIpc) is 2.89. The number of nitrogens with one attached hydrogen (secondary N) is 3. The van der Waals surface area contributed by atoms with Crippen LogP contribution < -0.4 is 19.7 Å². The standard InChI is InChI=1S/C29H42ClN5O6S2/c1-8-10-17-43(40,41)34-21-11-13-23(30)25(19-21)33-28(37)26(27(36)29(4,5)6)32-24-14-12-22(18-20(24)3)35(9-2)16-15-31-42(7,38)39/h11-14,18-19,31,34H,8-10,15-17H2,1-7H3,(H,33,37). The Morgan fingerprint density at radius 2 is 1.70 bits per heavy atom. The highest BCUT2D eigenvalue weighted by Crippen LogP contribution is 2.29. The maximum Gasteiger partial charge on any atom is 0.278 e. The lowest BCUT2D eigenvalue weighted by molar-refractivity contribution is -0.121. The van der Waals surface area contributed by atoms with Gasteiger partial charge >= 0.3 is 0 Å². The summed E-state index contributed by atoms with van der Waals surface area (Å²) in [5.41, 5.74) is 0.988.